The van der Waals surface area contributed by atoms with Crippen LogP contribution in [0.5, 0.6) is 5.75 Å². The highest BCUT2D eigenvalue weighted by Crippen LogP contribution is 2.34. The molecular formula is C8H4I2OS. The molecule has 1 aromatic carbocycles. The standard InChI is InChI=1S/C8H4I2OS/c9-7-5-3-4(11)1-2-6(5)12-8(7)10/h1-3,11H. The molecule has 0 atom stereocenters. The van der Waals surface area contributed by atoms with Gasteiger partial charge in [0.05, 0.1) is 2.88 Å². The quantitative estimate of drug-likeness (QED) is 0.665. The average molecular weight is 402 g/mol. The zero-order chi connectivity index (χ0) is 8.72. The van der Waals surface area contributed by atoms with Crippen LogP contribution in [0, 0.1) is 6.45 Å². The highest BCUT2D eigenvalue weighted by atomic mass is 127. The van der Waals surface area contributed by atoms with Gasteiger partial charge in [0.25, 0.3) is 0 Å². The smallest absolute Gasteiger partial charge is 0.116 e. The van der Waals surface area contributed by atoms with E-state index >= 15 is 0 Å². The molecule has 2 rings (SSSR count). The summed E-state index contributed by atoms with van der Waals surface area (Å²) in [5.74, 6) is 0.342. The second-order valence-corrected chi connectivity index (χ2v) is 6.31. The minimum Gasteiger partial charge on any atom is -0.508 e. The highest BCUT2D eigenvalue weighted by molar-refractivity contribution is 14.1. The largest absolute Gasteiger partial charge is 0.508 e. The van der Waals surface area contributed by atoms with E-state index < -0.39 is 0 Å². The minimum atomic E-state index is 0.342. The lowest BCUT2D eigenvalue weighted by atomic mass is 10.2. The van der Waals surface area contributed by atoms with Crippen molar-refractivity contribution in [1.82, 2.24) is 0 Å². The number of phenolic OH excluding ortho intramolecular Hbond substituents is 1. The molecule has 1 aromatic heterocycles. The number of hydrogen-bond acceptors (Lipinski definition) is 2. The number of thiophene rings is 1. The van der Waals surface area contributed by atoms with E-state index in [0.29, 0.717) is 5.75 Å². The monoisotopic (exact) mass is 402 g/mol. The number of aromatic hydroxyl groups is 1. The lowest BCUT2D eigenvalue weighted by Crippen LogP contribution is -1.68. The molecule has 0 aliphatic carbocycles. The van der Waals surface area contributed by atoms with E-state index in [1.165, 1.54) is 11.2 Å². The maximum absolute atomic E-state index is 9.26. The summed E-state index contributed by atoms with van der Waals surface area (Å²) in [6.07, 6.45) is 0. The molecule has 0 aliphatic heterocycles. The van der Waals surface area contributed by atoms with Crippen LogP contribution < -0.4 is 0 Å². The number of rotatable bonds is 0. The summed E-state index contributed by atoms with van der Waals surface area (Å²) in [4.78, 5) is 0. The van der Waals surface area contributed by atoms with Gasteiger partial charge in [-0.2, -0.15) is 0 Å². The van der Waals surface area contributed by atoms with Crippen molar-refractivity contribution in [3.8, 4) is 5.75 Å². The van der Waals surface area contributed by atoms with Crippen LogP contribution in [-0.4, -0.2) is 5.11 Å². The second kappa shape index (κ2) is 3.30. The average Bonchev–Trinajstić information content (AvgIpc) is 2.31. The van der Waals surface area contributed by atoms with Crippen LogP contribution in [0.4, 0.5) is 0 Å². The predicted molar refractivity (Wildman–Crippen MR) is 68.9 cm³/mol. The Morgan fingerprint density at radius 1 is 1.25 bits per heavy atom. The Morgan fingerprint density at radius 3 is 2.75 bits per heavy atom. The van der Waals surface area contributed by atoms with E-state index in [4.69, 9.17) is 0 Å². The third-order valence-corrected chi connectivity index (χ3v) is 6.25. The van der Waals surface area contributed by atoms with Gasteiger partial charge in [0.15, 0.2) is 0 Å². The molecule has 1 nitrogen and oxygen atoms in total. The summed E-state index contributed by atoms with van der Waals surface area (Å²) in [5, 5.41) is 10.4. The van der Waals surface area contributed by atoms with Gasteiger partial charge in [0, 0.05) is 13.7 Å². The lowest BCUT2D eigenvalue weighted by Gasteiger charge is -1.91. The number of hydrogen-bond donors (Lipinski definition) is 1. The maximum Gasteiger partial charge on any atom is 0.116 e. The molecule has 0 amide bonds. The Hall–Kier alpha value is 0.440. The van der Waals surface area contributed by atoms with Crippen LogP contribution in [-0.2, 0) is 0 Å². The molecule has 1 N–H and O–H groups in total. The van der Waals surface area contributed by atoms with Crippen LogP contribution >= 0.6 is 56.5 Å². The molecule has 62 valence electrons. The van der Waals surface area contributed by atoms with Crippen molar-refractivity contribution >= 4 is 66.6 Å². The molecule has 0 saturated heterocycles. The zero-order valence-corrected chi connectivity index (χ0v) is 11.0. The third kappa shape index (κ3) is 1.44. The van der Waals surface area contributed by atoms with Crippen molar-refractivity contribution < 1.29 is 5.11 Å². The van der Waals surface area contributed by atoms with Gasteiger partial charge < -0.3 is 5.11 Å². The first kappa shape index (κ1) is 9.01. The minimum absolute atomic E-state index is 0.342. The predicted octanol–water partition coefficient (Wildman–Crippen LogP) is 3.82. The van der Waals surface area contributed by atoms with Gasteiger partial charge in [-0.3, -0.25) is 0 Å². The first-order valence-electron chi connectivity index (χ1n) is 3.25. The van der Waals surface area contributed by atoms with Crippen LogP contribution in [0.15, 0.2) is 18.2 Å². The van der Waals surface area contributed by atoms with Crippen molar-refractivity contribution in [1.29, 1.82) is 0 Å². The van der Waals surface area contributed by atoms with Crippen molar-refractivity contribution in [2.75, 3.05) is 0 Å². The summed E-state index contributed by atoms with van der Waals surface area (Å²) in [7, 11) is 0. The van der Waals surface area contributed by atoms with E-state index in [9.17, 15) is 5.11 Å². The van der Waals surface area contributed by atoms with E-state index in [0.717, 1.165) is 5.39 Å². The summed E-state index contributed by atoms with van der Waals surface area (Å²) in [6, 6.07) is 5.50. The number of phenols is 1. The highest BCUT2D eigenvalue weighted by Gasteiger charge is 2.06. The van der Waals surface area contributed by atoms with Gasteiger partial charge in [-0.1, -0.05) is 0 Å². The maximum atomic E-state index is 9.26. The molecular weight excluding hydrogens is 398 g/mol. The summed E-state index contributed by atoms with van der Waals surface area (Å²) < 4.78 is 3.76. The molecule has 0 spiro atoms. The van der Waals surface area contributed by atoms with E-state index in [1.54, 1.807) is 17.4 Å². The zero-order valence-electron chi connectivity index (χ0n) is 5.84. The Labute approximate surface area is 101 Å². The fourth-order valence-electron chi connectivity index (χ4n) is 1.03. The Kier molecular flexibility index (Phi) is 2.48. The number of benzene rings is 1. The fraction of sp³-hybridized carbons (Fsp3) is 0. The molecule has 0 aliphatic rings. The lowest BCUT2D eigenvalue weighted by molar-refractivity contribution is 0.476. The fourth-order valence-corrected chi connectivity index (χ4v) is 3.79. The molecule has 0 fully saturated rings. The molecule has 0 bridgehead atoms. The Balaban J connectivity index is 2.88. The molecule has 12 heavy (non-hydrogen) atoms. The normalized spacial score (nSPS) is 10.8. The third-order valence-electron chi connectivity index (χ3n) is 1.57. The van der Waals surface area contributed by atoms with Gasteiger partial charge >= 0.3 is 0 Å². The van der Waals surface area contributed by atoms with Crippen molar-refractivity contribution in [2.45, 2.75) is 0 Å². The van der Waals surface area contributed by atoms with Gasteiger partial charge in [0.2, 0.25) is 0 Å². The van der Waals surface area contributed by atoms with E-state index in [2.05, 4.69) is 45.2 Å². The van der Waals surface area contributed by atoms with Crippen molar-refractivity contribution in [3.05, 3.63) is 24.7 Å². The Morgan fingerprint density at radius 2 is 2.00 bits per heavy atom. The van der Waals surface area contributed by atoms with Crippen molar-refractivity contribution in [3.63, 3.8) is 0 Å². The number of halogens is 2. The van der Waals surface area contributed by atoms with E-state index in [1.807, 2.05) is 12.1 Å². The molecule has 4 heteroatoms. The molecule has 0 unspecified atom stereocenters. The summed E-state index contributed by atoms with van der Waals surface area (Å²) in [5.41, 5.74) is 0. The van der Waals surface area contributed by atoms with E-state index in [-0.39, 0.29) is 0 Å². The molecule has 0 saturated carbocycles. The molecule has 1 heterocycles. The van der Waals surface area contributed by atoms with Crippen LogP contribution in [0.25, 0.3) is 10.1 Å². The summed E-state index contributed by atoms with van der Waals surface area (Å²) >= 11 is 6.38. The SMILES string of the molecule is Oc1ccc2sc(I)c(I)c2c1. The number of fused-ring (bicyclic) bond motifs is 1. The molecule has 2 aromatic rings. The van der Waals surface area contributed by atoms with Crippen LogP contribution in [0.3, 0.4) is 0 Å². The van der Waals surface area contributed by atoms with Gasteiger partial charge in [-0.15, -0.1) is 11.3 Å². The summed E-state index contributed by atoms with van der Waals surface area (Å²) in [6.45, 7) is 0. The first-order valence-corrected chi connectivity index (χ1v) is 6.22. The van der Waals surface area contributed by atoms with Gasteiger partial charge in [-0.05, 0) is 63.4 Å². The van der Waals surface area contributed by atoms with Crippen molar-refractivity contribution in [2.24, 2.45) is 0 Å². The molecule has 0 radical (unpaired) electrons. The van der Waals surface area contributed by atoms with Crippen LogP contribution in [0.2, 0.25) is 0 Å². The second-order valence-electron chi connectivity index (χ2n) is 2.37. The first-order chi connectivity index (χ1) is 5.68. The van der Waals surface area contributed by atoms with Gasteiger partial charge in [0.1, 0.15) is 5.75 Å². The van der Waals surface area contributed by atoms with Gasteiger partial charge in [-0.25, -0.2) is 0 Å². The topological polar surface area (TPSA) is 20.2 Å². The Bertz CT molecular complexity index is 436. The van der Waals surface area contributed by atoms with Crippen LogP contribution in [0.1, 0.15) is 0 Å².